The quantitative estimate of drug-likeness (QED) is 0.458. The van der Waals surface area contributed by atoms with Crippen LogP contribution in [0.25, 0.3) is 0 Å². The van der Waals surface area contributed by atoms with E-state index in [1.54, 1.807) is 30.3 Å². The molecule has 176 valence electrons. The molecule has 0 unspecified atom stereocenters. The average molecular weight is 456 g/mol. The molecule has 2 aromatic rings. The summed E-state index contributed by atoms with van der Waals surface area (Å²) in [7, 11) is 0. The van der Waals surface area contributed by atoms with E-state index in [9.17, 15) is 19.5 Å². The van der Waals surface area contributed by atoms with Crippen molar-refractivity contribution in [3.8, 4) is 17.2 Å². The summed E-state index contributed by atoms with van der Waals surface area (Å²) in [5.41, 5.74) is 1.28. The van der Waals surface area contributed by atoms with Gasteiger partial charge in [0.2, 0.25) is 17.7 Å². The number of nitrogens with one attached hydrogen (secondary N) is 3. The molecule has 0 aromatic heterocycles. The predicted octanol–water partition coefficient (Wildman–Crippen LogP) is 1.99. The van der Waals surface area contributed by atoms with Crippen LogP contribution in [-0.2, 0) is 20.8 Å². The van der Waals surface area contributed by atoms with E-state index in [0.29, 0.717) is 30.4 Å². The summed E-state index contributed by atoms with van der Waals surface area (Å²) in [6, 6.07) is 10.6. The summed E-state index contributed by atoms with van der Waals surface area (Å²) >= 11 is 0. The van der Waals surface area contributed by atoms with Gasteiger partial charge in [-0.3, -0.25) is 14.4 Å². The number of carbonyl (C=O) groups excluding carboxylic acids is 3. The molecule has 1 atom stereocenters. The van der Waals surface area contributed by atoms with Gasteiger partial charge in [-0.1, -0.05) is 26.0 Å². The Morgan fingerprint density at radius 3 is 2.36 bits per heavy atom. The van der Waals surface area contributed by atoms with Gasteiger partial charge in [0, 0.05) is 24.6 Å². The molecule has 1 heterocycles. The van der Waals surface area contributed by atoms with Gasteiger partial charge in [-0.25, -0.2) is 0 Å². The third-order valence-corrected chi connectivity index (χ3v) is 4.87. The van der Waals surface area contributed by atoms with Crippen molar-refractivity contribution in [1.82, 2.24) is 10.6 Å². The van der Waals surface area contributed by atoms with Crippen molar-refractivity contribution in [2.24, 2.45) is 5.92 Å². The molecule has 0 fully saturated rings. The van der Waals surface area contributed by atoms with Crippen molar-refractivity contribution >= 4 is 23.4 Å². The molecule has 9 heteroatoms. The normalized spacial score (nSPS) is 13.2. The summed E-state index contributed by atoms with van der Waals surface area (Å²) in [6.07, 6.45) is 0.504. The average Bonchev–Trinajstić information content (AvgIpc) is 2.78. The molecule has 3 amide bonds. The highest BCUT2D eigenvalue weighted by Gasteiger charge is 2.22. The molecule has 1 aliphatic rings. The first-order valence-electron chi connectivity index (χ1n) is 10.8. The van der Waals surface area contributed by atoms with E-state index in [0.717, 1.165) is 5.56 Å². The Labute approximate surface area is 192 Å². The number of phenolic OH excluding ortho intramolecular Hbond substituents is 1. The number of benzene rings is 2. The smallest absolute Gasteiger partial charge is 0.243 e. The van der Waals surface area contributed by atoms with Gasteiger partial charge in [0.25, 0.3) is 0 Å². The second-order valence-corrected chi connectivity index (χ2v) is 8.21. The first-order chi connectivity index (χ1) is 15.8. The first kappa shape index (κ1) is 23.9. The van der Waals surface area contributed by atoms with Crippen LogP contribution < -0.4 is 25.4 Å². The molecular formula is C24H29N3O6. The van der Waals surface area contributed by atoms with Crippen molar-refractivity contribution in [3.63, 3.8) is 0 Å². The monoisotopic (exact) mass is 455 g/mol. The summed E-state index contributed by atoms with van der Waals surface area (Å²) in [5.74, 6) is 0.268. The SMILES string of the molecule is CC(C)CC(=O)N[C@@H](Cc1ccc(O)cc1)C(=O)NCC(=O)Nc1ccc2c(c1)OCCO2. The first-order valence-corrected chi connectivity index (χ1v) is 10.8. The minimum atomic E-state index is -0.858. The maximum absolute atomic E-state index is 12.8. The van der Waals surface area contributed by atoms with E-state index in [-0.39, 0.29) is 37.0 Å². The van der Waals surface area contributed by atoms with Crippen molar-refractivity contribution in [2.45, 2.75) is 32.7 Å². The molecule has 0 bridgehead atoms. The number of rotatable bonds is 9. The number of amides is 3. The number of hydrogen-bond acceptors (Lipinski definition) is 6. The Balaban J connectivity index is 1.58. The largest absolute Gasteiger partial charge is 0.508 e. The van der Waals surface area contributed by atoms with E-state index in [1.807, 2.05) is 13.8 Å². The number of ether oxygens (including phenoxy) is 2. The van der Waals surface area contributed by atoms with Gasteiger partial charge in [-0.15, -0.1) is 0 Å². The molecule has 9 nitrogen and oxygen atoms in total. The minimum Gasteiger partial charge on any atom is -0.508 e. The Morgan fingerprint density at radius 2 is 1.67 bits per heavy atom. The van der Waals surface area contributed by atoms with Crippen LogP contribution in [0, 0.1) is 5.92 Å². The van der Waals surface area contributed by atoms with E-state index >= 15 is 0 Å². The van der Waals surface area contributed by atoms with Gasteiger partial charge in [0.1, 0.15) is 25.0 Å². The predicted molar refractivity (Wildman–Crippen MR) is 122 cm³/mol. The molecule has 0 radical (unpaired) electrons. The number of carbonyl (C=O) groups is 3. The zero-order valence-electron chi connectivity index (χ0n) is 18.7. The third kappa shape index (κ3) is 7.41. The summed E-state index contributed by atoms with van der Waals surface area (Å²) < 4.78 is 11.0. The van der Waals surface area contributed by atoms with Crippen LogP contribution in [0.1, 0.15) is 25.8 Å². The van der Waals surface area contributed by atoms with Crippen LogP contribution in [0.3, 0.4) is 0 Å². The van der Waals surface area contributed by atoms with E-state index in [4.69, 9.17) is 9.47 Å². The highest BCUT2D eigenvalue weighted by Crippen LogP contribution is 2.32. The van der Waals surface area contributed by atoms with E-state index in [2.05, 4.69) is 16.0 Å². The van der Waals surface area contributed by atoms with Gasteiger partial charge >= 0.3 is 0 Å². The molecule has 0 spiro atoms. The molecule has 33 heavy (non-hydrogen) atoms. The number of aromatic hydroxyl groups is 1. The lowest BCUT2D eigenvalue weighted by Gasteiger charge is -2.20. The maximum atomic E-state index is 12.8. The van der Waals surface area contributed by atoms with Crippen LogP contribution in [-0.4, -0.2) is 48.6 Å². The van der Waals surface area contributed by atoms with Crippen LogP contribution in [0.15, 0.2) is 42.5 Å². The Bertz CT molecular complexity index is 990. The van der Waals surface area contributed by atoms with E-state index < -0.39 is 17.9 Å². The lowest BCUT2D eigenvalue weighted by molar-refractivity contribution is -0.130. The second-order valence-electron chi connectivity index (χ2n) is 8.21. The fourth-order valence-corrected chi connectivity index (χ4v) is 3.32. The van der Waals surface area contributed by atoms with Crippen molar-refractivity contribution in [3.05, 3.63) is 48.0 Å². The van der Waals surface area contributed by atoms with Crippen LogP contribution in [0.5, 0.6) is 17.2 Å². The summed E-state index contributed by atoms with van der Waals surface area (Å²) in [6.45, 7) is 4.47. The van der Waals surface area contributed by atoms with Gasteiger partial charge in [-0.05, 0) is 35.7 Å². The Morgan fingerprint density at radius 1 is 0.970 bits per heavy atom. The highest BCUT2D eigenvalue weighted by atomic mass is 16.6. The van der Waals surface area contributed by atoms with Crippen molar-refractivity contribution < 1.29 is 29.0 Å². The molecule has 0 saturated heterocycles. The minimum absolute atomic E-state index is 0.111. The number of phenols is 1. The van der Waals surface area contributed by atoms with Gasteiger partial charge in [0.15, 0.2) is 11.5 Å². The maximum Gasteiger partial charge on any atom is 0.243 e. The molecular weight excluding hydrogens is 426 g/mol. The Hall–Kier alpha value is -3.75. The highest BCUT2D eigenvalue weighted by molar-refractivity contribution is 5.96. The number of anilines is 1. The third-order valence-electron chi connectivity index (χ3n) is 4.87. The number of hydrogen-bond donors (Lipinski definition) is 4. The standard InChI is InChI=1S/C24H29N3O6/c1-15(2)11-22(29)27-19(12-16-3-6-18(28)7-4-16)24(31)25-14-23(30)26-17-5-8-20-21(13-17)33-10-9-32-20/h3-8,13,15,19,28H,9-12,14H2,1-2H3,(H,25,31)(H,26,30)(H,27,29)/t19-/m0/s1. The van der Waals surface area contributed by atoms with Crippen LogP contribution >= 0.6 is 0 Å². The van der Waals surface area contributed by atoms with Gasteiger partial charge in [0.05, 0.1) is 6.54 Å². The molecule has 2 aromatic carbocycles. The van der Waals surface area contributed by atoms with Crippen LogP contribution in [0.4, 0.5) is 5.69 Å². The molecule has 1 aliphatic heterocycles. The molecule has 0 aliphatic carbocycles. The summed E-state index contributed by atoms with van der Waals surface area (Å²) in [5, 5.41) is 17.5. The fraction of sp³-hybridized carbons (Fsp3) is 0.375. The second kappa shape index (κ2) is 11.2. The fourth-order valence-electron chi connectivity index (χ4n) is 3.32. The molecule has 0 saturated carbocycles. The molecule has 3 rings (SSSR count). The molecule has 4 N–H and O–H groups in total. The topological polar surface area (TPSA) is 126 Å². The summed E-state index contributed by atoms with van der Waals surface area (Å²) in [4.78, 5) is 37.4. The lowest BCUT2D eigenvalue weighted by atomic mass is 10.0. The van der Waals surface area contributed by atoms with Crippen molar-refractivity contribution in [2.75, 3.05) is 25.1 Å². The Kier molecular flexibility index (Phi) is 8.12. The zero-order valence-corrected chi connectivity index (χ0v) is 18.7. The lowest BCUT2D eigenvalue weighted by Crippen LogP contribution is -2.49. The van der Waals surface area contributed by atoms with Gasteiger partial charge in [-0.2, -0.15) is 0 Å². The van der Waals surface area contributed by atoms with Gasteiger partial charge < -0.3 is 30.5 Å². The zero-order chi connectivity index (χ0) is 23.8. The number of fused-ring (bicyclic) bond motifs is 1. The van der Waals surface area contributed by atoms with Crippen LogP contribution in [0.2, 0.25) is 0 Å². The van der Waals surface area contributed by atoms with Crippen molar-refractivity contribution in [1.29, 1.82) is 0 Å². The van der Waals surface area contributed by atoms with E-state index in [1.165, 1.54) is 12.1 Å².